The minimum Gasteiger partial charge on any atom is -0.496 e. The highest BCUT2D eigenvalue weighted by Crippen LogP contribution is 2.27. The van der Waals surface area contributed by atoms with E-state index in [2.05, 4.69) is 6.07 Å². The zero-order valence-electron chi connectivity index (χ0n) is 10.7. The number of nitrogens with zero attached hydrogens (tertiary/aromatic N) is 1. The molecule has 17 heavy (non-hydrogen) atoms. The van der Waals surface area contributed by atoms with Gasteiger partial charge in [0, 0.05) is 0 Å². The molecule has 0 radical (unpaired) electrons. The summed E-state index contributed by atoms with van der Waals surface area (Å²) in [4.78, 5) is 0. The van der Waals surface area contributed by atoms with Crippen molar-refractivity contribution >= 4 is 10.8 Å². The molecule has 0 bridgehead atoms. The van der Waals surface area contributed by atoms with Crippen LogP contribution in [0.15, 0.2) is 30.3 Å². The van der Waals surface area contributed by atoms with Gasteiger partial charge in [0.2, 0.25) is 0 Å². The summed E-state index contributed by atoms with van der Waals surface area (Å²) in [6, 6.07) is 11.7. The molecule has 2 heteroatoms. The van der Waals surface area contributed by atoms with Crippen molar-refractivity contribution in [3.05, 3.63) is 41.5 Å². The highest BCUT2D eigenvalue weighted by atomic mass is 16.5. The van der Waals surface area contributed by atoms with Crippen molar-refractivity contribution in [2.24, 2.45) is 0 Å². The molecule has 2 aromatic carbocycles. The van der Waals surface area contributed by atoms with Gasteiger partial charge in [-0.1, -0.05) is 26.0 Å². The number of hydrogen-bond donors (Lipinski definition) is 0. The SMILES string of the molecule is CC.COc1ccc2cc(C#N)ccc2c1C. The summed E-state index contributed by atoms with van der Waals surface area (Å²) >= 11 is 0. The average molecular weight is 227 g/mol. The number of aryl methyl sites for hydroxylation is 1. The molecule has 2 rings (SSSR count). The van der Waals surface area contributed by atoms with E-state index >= 15 is 0 Å². The summed E-state index contributed by atoms with van der Waals surface area (Å²) in [6.07, 6.45) is 0. The van der Waals surface area contributed by atoms with Gasteiger partial charge in [0.1, 0.15) is 5.75 Å². The maximum absolute atomic E-state index is 8.79. The van der Waals surface area contributed by atoms with Crippen LogP contribution in [0.1, 0.15) is 25.0 Å². The van der Waals surface area contributed by atoms with Gasteiger partial charge in [0.25, 0.3) is 0 Å². The van der Waals surface area contributed by atoms with Crippen molar-refractivity contribution in [2.45, 2.75) is 20.8 Å². The first-order valence-corrected chi connectivity index (χ1v) is 5.73. The largest absolute Gasteiger partial charge is 0.496 e. The van der Waals surface area contributed by atoms with Crippen molar-refractivity contribution in [3.63, 3.8) is 0 Å². The molecule has 0 aliphatic carbocycles. The van der Waals surface area contributed by atoms with Gasteiger partial charge in [0.05, 0.1) is 18.7 Å². The molecule has 0 heterocycles. The van der Waals surface area contributed by atoms with E-state index in [1.807, 2.05) is 51.1 Å². The Hall–Kier alpha value is -2.01. The van der Waals surface area contributed by atoms with Crippen LogP contribution in [0.3, 0.4) is 0 Å². The molecule has 0 fully saturated rings. The topological polar surface area (TPSA) is 33.0 Å². The van der Waals surface area contributed by atoms with E-state index in [1.54, 1.807) is 7.11 Å². The monoisotopic (exact) mass is 227 g/mol. The number of hydrogen-bond acceptors (Lipinski definition) is 2. The Morgan fingerprint density at radius 3 is 2.41 bits per heavy atom. The summed E-state index contributed by atoms with van der Waals surface area (Å²) < 4.78 is 5.24. The number of benzene rings is 2. The molecule has 0 amide bonds. The van der Waals surface area contributed by atoms with Crippen LogP contribution in [0.5, 0.6) is 5.75 Å². The summed E-state index contributed by atoms with van der Waals surface area (Å²) in [5, 5.41) is 11.0. The van der Waals surface area contributed by atoms with Crippen LogP contribution in [0.2, 0.25) is 0 Å². The first kappa shape index (κ1) is 13.1. The Labute approximate surface area is 102 Å². The lowest BCUT2D eigenvalue weighted by atomic mass is 10.0. The van der Waals surface area contributed by atoms with Crippen molar-refractivity contribution in [2.75, 3.05) is 7.11 Å². The molecule has 0 unspecified atom stereocenters. The molecule has 0 aliphatic heterocycles. The van der Waals surface area contributed by atoms with E-state index < -0.39 is 0 Å². The fourth-order valence-electron chi connectivity index (χ4n) is 1.76. The lowest BCUT2D eigenvalue weighted by molar-refractivity contribution is 0.412. The summed E-state index contributed by atoms with van der Waals surface area (Å²) in [7, 11) is 1.66. The summed E-state index contributed by atoms with van der Waals surface area (Å²) in [5.74, 6) is 0.882. The van der Waals surface area contributed by atoms with Crippen molar-refractivity contribution in [3.8, 4) is 11.8 Å². The molecule has 0 atom stereocenters. The van der Waals surface area contributed by atoms with Crippen LogP contribution in [0.25, 0.3) is 10.8 Å². The smallest absolute Gasteiger partial charge is 0.122 e. The third-order valence-electron chi connectivity index (χ3n) is 2.59. The predicted octanol–water partition coefficient (Wildman–Crippen LogP) is 4.05. The molecular weight excluding hydrogens is 210 g/mol. The normalized spacial score (nSPS) is 9.12. The van der Waals surface area contributed by atoms with E-state index in [-0.39, 0.29) is 0 Å². The third kappa shape index (κ3) is 2.57. The van der Waals surface area contributed by atoms with Crippen molar-refractivity contribution < 1.29 is 4.74 Å². The molecule has 2 aromatic rings. The predicted molar refractivity (Wildman–Crippen MR) is 71.3 cm³/mol. The van der Waals surface area contributed by atoms with E-state index in [4.69, 9.17) is 10.00 Å². The molecule has 2 nitrogen and oxygen atoms in total. The first-order chi connectivity index (χ1) is 8.26. The lowest BCUT2D eigenvalue weighted by Gasteiger charge is -2.07. The Morgan fingerprint density at radius 2 is 1.82 bits per heavy atom. The van der Waals surface area contributed by atoms with Gasteiger partial charge in [0.15, 0.2) is 0 Å². The maximum atomic E-state index is 8.79. The molecule has 0 aromatic heterocycles. The highest BCUT2D eigenvalue weighted by molar-refractivity contribution is 5.88. The molecule has 0 saturated heterocycles. The number of fused-ring (bicyclic) bond motifs is 1. The molecular formula is C15H17NO. The maximum Gasteiger partial charge on any atom is 0.122 e. The van der Waals surface area contributed by atoms with E-state index in [0.717, 1.165) is 22.1 Å². The van der Waals surface area contributed by atoms with E-state index in [1.165, 1.54) is 0 Å². The van der Waals surface area contributed by atoms with Gasteiger partial charge in [-0.25, -0.2) is 0 Å². The minimum atomic E-state index is 0.687. The molecule has 0 saturated carbocycles. The molecule has 0 aliphatic rings. The van der Waals surface area contributed by atoms with Crippen LogP contribution in [0.4, 0.5) is 0 Å². The fourth-order valence-corrected chi connectivity index (χ4v) is 1.76. The van der Waals surface area contributed by atoms with Crippen LogP contribution in [-0.2, 0) is 0 Å². The summed E-state index contributed by atoms with van der Waals surface area (Å²) in [5.41, 5.74) is 1.80. The third-order valence-corrected chi connectivity index (χ3v) is 2.59. The van der Waals surface area contributed by atoms with E-state index in [0.29, 0.717) is 5.56 Å². The van der Waals surface area contributed by atoms with Crippen molar-refractivity contribution in [1.29, 1.82) is 5.26 Å². The quantitative estimate of drug-likeness (QED) is 0.736. The number of rotatable bonds is 1. The Balaban J connectivity index is 0.000000686. The van der Waals surface area contributed by atoms with E-state index in [9.17, 15) is 0 Å². The Bertz CT molecular complexity index is 553. The van der Waals surface area contributed by atoms with Crippen LogP contribution >= 0.6 is 0 Å². The van der Waals surface area contributed by atoms with Gasteiger partial charge in [-0.2, -0.15) is 5.26 Å². The minimum absolute atomic E-state index is 0.687. The lowest BCUT2D eigenvalue weighted by Crippen LogP contribution is -1.88. The van der Waals surface area contributed by atoms with Gasteiger partial charge >= 0.3 is 0 Å². The molecule has 0 spiro atoms. The standard InChI is InChI=1S/C13H11NO.C2H6/c1-9-12-5-3-10(8-14)7-11(12)4-6-13(9)15-2;1-2/h3-7H,1-2H3;1-2H3. The number of nitriles is 1. The first-order valence-electron chi connectivity index (χ1n) is 5.73. The van der Waals surface area contributed by atoms with Crippen molar-refractivity contribution in [1.82, 2.24) is 0 Å². The average Bonchev–Trinajstić information content (AvgIpc) is 2.41. The van der Waals surface area contributed by atoms with Crippen LogP contribution in [0, 0.1) is 18.3 Å². The second-order valence-corrected chi connectivity index (χ2v) is 3.44. The summed E-state index contributed by atoms with van der Waals surface area (Å²) in [6.45, 7) is 6.02. The Kier molecular flexibility index (Phi) is 4.54. The Morgan fingerprint density at radius 1 is 1.12 bits per heavy atom. The van der Waals surface area contributed by atoms with Gasteiger partial charge in [-0.3, -0.25) is 0 Å². The van der Waals surface area contributed by atoms with Gasteiger partial charge in [-0.05, 0) is 41.5 Å². The molecule has 0 N–H and O–H groups in total. The fraction of sp³-hybridized carbons (Fsp3) is 0.267. The highest BCUT2D eigenvalue weighted by Gasteiger charge is 2.03. The van der Waals surface area contributed by atoms with Gasteiger partial charge < -0.3 is 4.74 Å². The van der Waals surface area contributed by atoms with Crippen LogP contribution in [-0.4, -0.2) is 7.11 Å². The van der Waals surface area contributed by atoms with Gasteiger partial charge in [-0.15, -0.1) is 0 Å². The second-order valence-electron chi connectivity index (χ2n) is 3.44. The van der Waals surface area contributed by atoms with Crippen LogP contribution < -0.4 is 4.74 Å². The number of methoxy groups -OCH3 is 1. The zero-order chi connectivity index (χ0) is 12.8. The second kappa shape index (κ2) is 5.91. The molecule has 88 valence electrons. The number of ether oxygens (including phenoxy) is 1. The zero-order valence-corrected chi connectivity index (χ0v) is 10.7.